The predicted molar refractivity (Wildman–Crippen MR) is 76.6 cm³/mol. The number of phenols is 1. The van der Waals surface area contributed by atoms with Gasteiger partial charge in [0.1, 0.15) is 17.2 Å². The summed E-state index contributed by atoms with van der Waals surface area (Å²) in [7, 11) is 0. The number of hydrogen-bond acceptors (Lipinski definition) is 5. The molecular formula is C15H10N2O4. The lowest BCUT2D eigenvalue weighted by atomic mass is 10.2. The zero-order chi connectivity index (χ0) is 14.8. The van der Waals surface area contributed by atoms with Crippen LogP contribution in [0.4, 0.5) is 5.69 Å². The van der Waals surface area contributed by atoms with Gasteiger partial charge in [0, 0.05) is 23.7 Å². The van der Waals surface area contributed by atoms with Crippen LogP contribution in [0.2, 0.25) is 0 Å². The van der Waals surface area contributed by atoms with Crippen LogP contribution in [0.25, 0.3) is 10.9 Å². The molecule has 21 heavy (non-hydrogen) atoms. The molecule has 0 aliphatic carbocycles. The molecule has 0 bridgehead atoms. The van der Waals surface area contributed by atoms with Crippen LogP contribution in [0.3, 0.4) is 0 Å². The van der Waals surface area contributed by atoms with E-state index in [-0.39, 0.29) is 17.0 Å². The molecule has 0 spiro atoms. The molecule has 0 saturated heterocycles. The number of rotatable bonds is 3. The smallest absolute Gasteiger partial charge is 0.295 e. The van der Waals surface area contributed by atoms with Crippen molar-refractivity contribution >= 4 is 16.6 Å². The highest BCUT2D eigenvalue weighted by Gasteiger charge is 2.15. The number of hydrogen-bond donors (Lipinski definition) is 1. The van der Waals surface area contributed by atoms with Gasteiger partial charge in [-0.05, 0) is 24.3 Å². The average molecular weight is 282 g/mol. The van der Waals surface area contributed by atoms with Gasteiger partial charge in [0.25, 0.3) is 5.69 Å². The summed E-state index contributed by atoms with van der Waals surface area (Å²) in [6.07, 6.45) is 1.45. The largest absolute Gasteiger partial charge is 0.508 e. The third-order valence-corrected chi connectivity index (χ3v) is 2.95. The molecular weight excluding hydrogens is 272 g/mol. The van der Waals surface area contributed by atoms with Gasteiger partial charge >= 0.3 is 0 Å². The van der Waals surface area contributed by atoms with Crippen LogP contribution in [0.15, 0.2) is 54.7 Å². The lowest BCUT2D eigenvalue weighted by molar-refractivity contribution is -0.383. The van der Waals surface area contributed by atoms with Gasteiger partial charge in [-0.15, -0.1) is 0 Å². The first-order chi connectivity index (χ1) is 10.1. The van der Waals surface area contributed by atoms with E-state index in [1.165, 1.54) is 24.4 Å². The molecule has 0 aliphatic heterocycles. The fraction of sp³-hybridized carbons (Fsp3) is 0. The summed E-state index contributed by atoms with van der Waals surface area (Å²) in [5, 5.41) is 21.0. The Labute approximate surface area is 119 Å². The van der Waals surface area contributed by atoms with E-state index in [1.54, 1.807) is 30.3 Å². The highest BCUT2D eigenvalue weighted by Crippen LogP contribution is 2.33. The van der Waals surface area contributed by atoms with Crippen molar-refractivity contribution in [2.24, 2.45) is 0 Å². The number of aromatic hydroxyl groups is 1. The minimum Gasteiger partial charge on any atom is -0.508 e. The van der Waals surface area contributed by atoms with Gasteiger partial charge in [-0.25, -0.2) is 4.98 Å². The van der Waals surface area contributed by atoms with Crippen LogP contribution in [-0.2, 0) is 0 Å². The number of phenolic OH excluding ortho intramolecular Hbond substituents is 1. The normalized spacial score (nSPS) is 10.5. The summed E-state index contributed by atoms with van der Waals surface area (Å²) >= 11 is 0. The van der Waals surface area contributed by atoms with E-state index in [4.69, 9.17) is 4.74 Å². The van der Waals surface area contributed by atoms with Crippen molar-refractivity contribution in [1.82, 2.24) is 4.98 Å². The quantitative estimate of drug-likeness (QED) is 0.585. The molecule has 0 amide bonds. The predicted octanol–water partition coefficient (Wildman–Crippen LogP) is 3.64. The van der Waals surface area contributed by atoms with E-state index >= 15 is 0 Å². The molecule has 2 aromatic carbocycles. The first-order valence-corrected chi connectivity index (χ1v) is 6.14. The van der Waals surface area contributed by atoms with Crippen LogP contribution in [0.5, 0.6) is 17.2 Å². The molecule has 3 rings (SSSR count). The molecule has 0 unspecified atom stereocenters. The number of non-ortho nitro benzene ring substituents is 1. The van der Waals surface area contributed by atoms with Crippen LogP contribution in [0.1, 0.15) is 0 Å². The van der Waals surface area contributed by atoms with Gasteiger partial charge in [-0.1, -0.05) is 12.1 Å². The molecule has 1 aromatic heterocycles. The maximum Gasteiger partial charge on any atom is 0.295 e. The standard InChI is InChI=1S/C15H10N2O4/c18-10-3-1-4-11(9-10)21-14-7-8-16-15-12(14)5-2-6-13(15)17(19)20/h1-9,18H. The first-order valence-electron chi connectivity index (χ1n) is 6.14. The zero-order valence-corrected chi connectivity index (χ0v) is 10.8. The Morgan fingerprint density at radius 1 is 1.14 bits per heavy atom. The molecule has 6 heteroatoms. The number of pyridine rings is 1. The van der Waals surface area contributed by atoms with Crippen molar-refractivity contribution in [1.29, 1.82) is 0 Å². The van der Waals surface area contributed by atoms with Crippen LogP contribution < -0.4 is 4.74 Å². The molecule has 1 heterocycles. The van der Waals surface area contributed by atoms with Gasteiger partial charge < -0.3 is 9.84 Å². The van der Waals surface area contributed by atoms with Crippen LogP contribution in [-0.4, -0.2) is 15.0 Å². The summed E-state index contributed by atoms with van der Waals surface area (Å²) in [5.41, 5.74) is 0.189. The van der Waals surface area contributed by atoms with E-state index in [9.17, 15) is 15.2 Å². The third-order valence-electron chi connectivity index (χ3n) is 2.95. The molecule has 3 aromatic rings. The molecule has 0 aliphatic rings. The Morgan fingerprint density at radius 3 is 2.71 bits per heavy atom. The Bertz CT molecular complexity index is 833. The van der Waals surface area contributed by atoms with E-state index in [1.807, 2.05) is 0 Å². The lowest BCUT2D eigenvalue weighted by Gasteiger charge is -2.08. The number of ether oxygens (including phenoxy) is 1. The number of nitrogens with zero attached hydrogens (tertiary/aromatic N) is 2. The second-order valence-electron chi connectivity index (χ2n) is 4.34. The maximum atomic E-state index is 11.0. The second kappa shape index (κ2) is 5.09. The van der Waals surface area contributed by atoms with Crippen molar-refractivity contribution in [2.75, 3.05) is 0 Å². The molecule has 1 N–H and O–H groups in total. The van der Waals surface area contributed by atoms with Crippen LogP contribution in [0, 0.1) is 10.1 Å². The van der Waals surface area contributed by atoms with Crippen molar-refractivity contribution in [3.63, 3.8) is 0 Å². The van der Waals surface area contributed by atoms with Crippen molar-refractivity contribution in [3.8, 4) is 17.2 Å². The van der Waals surface area contributed by atoms with E-state index < -0.39 is 4.92 Å². The monoisotopic (exact) mass is 282 g/mol. The van der Waals surface area contributed by atoms with Gasteiger partial charge in [-0.2, -0.15) is 0 Å². The SMILES string of the molecule is O=[N+]([O-])c1cccc2c(Oc3cccc(O)c3)ccnc12. The summed E-state index contributed by atoms with van der Waals surface area (Å²) in [4.78, 5) is 14.6. The molecule has 0 saturated carbocycles. The first kappa shape index (κ1) is 12.9. The number of fused-ring (bicyclic) bond motifs is 1. The Kier molecular flexibility index (Phi) is 3.12. The van der Waals surface area contributed by atoms with Crippen LogP contribution >= 0.6 is 0 Å². The number of para-hydroxylation sites is 1. The fourth-order valence-electron chi connectivity index (χ4n) is 2.05. The number of benzene rings is 2. The fourth-order valence-corrected chi connectivity index (χ4v) is 2.05. The van der Waals surface area contributed by atoms with E-state index in [0.717, 1.165) is 0 Å². The van der Waals surface area contributed by atoms with E-state index in [2.05, 4.69) is 4.98 Å². The highest BCUT2D eigenvalue weighted by molar-refractivity contribution is 5.91. The Hall–Kier alpha value is -3.15. The topological polar surface area (TPSA) is 85.5 Å². The number of nitro groups is 1. The van der Waals surface area contributed by atoms with Gasteiger partial charge in [0.15, 0.2) is 5.52 Å². The second-order valence-corrected chi connectivity index (χ2v) is 4.34. The maximum absolute atomic E-state index is 11.0. The van der Waals surface area contributed by atoms with Gasteiger partial charge in [-0.3, -0.25) is 10.1 Å². The van der Waals surface area contributed by atoms with Crippen molar-refractivity contribution in [3.05, 3.63) is 64.8 Å². The summed E-state index contributed by atoms with van der Waals surface area (Å²) in [5.74, 6) is 0.958. The molecule has 0 radical (unpaired) electrons. The van der Waals surface area contributed by atoms with Gasteiger partial charge in [0.05, 0.1) is 4.92 Å². The average Bonchev–Trinajstić information content (AvgIpc) is 2.47. The summed E-state index contributed by atoms with van der Waals surface area (Å²) < 4.78 is 5.68. The minimum atomic E-state index is -0.479. The van der Waals surface area contributed by atoms with Crippen molar-refractivity contribution < 1.29 is 14.8 Å². The lowest BCUT2D eigenvalue weighted by Crippen LogP contribution is -1.93. The minimum absolute atomic E-state index is 0.0751. The summed E-state index contributed by atoms with van der Waals surface area (Å²) in [6, 6.07) is 12.6. The molecule has 0 fully saturated rings. The van der Waals surface area contributed by atoms with Crippen molar-refractivity contribution in [2.45, 2.75) is 0 Å². The molecule has 6 nitrogen and oxygen atoms in total. The zero-order valence-electron chi connectivity index (χ0n) is 10.8. The van der Waals surface area contributed by atoms with Gasteiger partial charge in [0.2, 0.25) is 0 Å². The van der Waals surface area contributed by atoms with E-state index in [0.29, 0.717) is 16.9 Å². The Morgan fingerprint density at radius 2 is 1.95 bits per heavy atom. The summed E-state index contributed by atoms with van der Waals surface area (Å²) in [6.45, 7) is 0. The Balaban J connectivity index is 2.11. The third kappa shape index (κ3) is 2.46. The molecule has 0 atom stereocenters. The number of nitro benzene ring substituents is 1. The molecule has 104 valence electrons. The highest BCUT2D eigenvalue weighted by atomic mass is 16.6. The number of aromatic nitrogens is 1.